The maximum absolute atomic E-state index is 12.7. The maximum atomic E-state index is 12.7. The van der Waals surface area contributed by atoms with Crippen molar-refractivity contribution in [1.82, 2.24) is 5.32 Å². The van der Waals surface area contributed by atoms with Crippen LogP contribution < -0.4 is 5.32 Å². The van der Waals surface area contributed by atoms with Crippen molar-refractivity contribution in [2.45, 2.75) is 29.7 Å². The largest absolute Gasteiger partial charge is 0.467 e. The summed E-state index contributed by atoms with van der Waals surface area (Å²) in [5, 5.41) is 2.40. The van der Waals surface area contributed by atoms with Gasteiger partial charge in [0.05, 0.1) is 17.9 Å². The molecule has 20 heavy (non-hydrogen) atoms. The number of carbonyl (C=O) groups is 2. The van der Waals surface area contributed by atoms with Crippen LogP contribution in [0.25, 0.3) is 0 Å². The Morgan fingerprint density at radius 2 is 2.10 bits per heavy atom. The van der Waals surface area contributed by atoms with Crippen molar-refractivity contribution < 1.29 is 23.3 Å². The van der Waals surface area contributed by atoms with Gasteiger partial charge in [-0.3, -0.25) is 9.53 Å². The molecule has 2 aliphatic heterocycles. The standard InChI is InChI=1S/C13H15NO5S/c1-3-13(11(15)18-2)14-12(16)19-8-9-4-6-10(7-5-9)20(13)17/h4-7H,3,8H2,1-2H3,(H,14,16)/t13?,20-/m1/s1. The molecule has 0 spiro atoms. The molecule has 1 N–H and O–H groups in total. The average molecular weight is 297 g/mol. The van der Waals surface area contributed by atoms with Crippen LogP contribution in [-0.2, 0) is 31.7 Å². The molecule has 2 heterocycles. The fourth-order valence-electron chi connectivity index (χ4n) is 1.96. The number of amides is 1. The lowest BCUT2D eigenvalue weighted by atomic mass is 10.2. The highest BCUT2D eigenvalue weighted by Crippen LogP contribution is 2.26. The van der Waals surface area contributed by atoms with Crippen LogP contribution in [-0.4, -0.2) is 28.3 Å². The number of ether oxygens (including phenoxy) is 2. The minimum atomic E-state index is -1.79. The molecule has 1 aromatic rings. The monoisotopic (exact) mass is 297 g/mol. The van der Waals surface area contributed by atoms with Gasteiger partial charge >= 0.3 is 12.1 Å². The van der Waals surface area contributed by atoms with E-state index in [2.05, 4.69) is 5.32 Å². The minimum absolute atomic E-state index is 0.0831. The first kappa shape index (κ1) is 14.5. The van der Waals surface area contributed by atoms with Gasteiger partial charge in [-0.2, -0.15) is 0 Å². The van der Waals surface area contributed by atoms with Gasteiger partial charge in [0.1, 0.15) is 6.61 Å². The Kier molecular flexibility index (Phi) is 4.08. The zero-order chi connectivity index (χ0) is 14.8. The molecule has 0 radical (unpaired) electrons. The maximum Gasteiger partial charge on any atom is 0.409 e. The third kappa shape index (κ3) is 2.40. The van der Waals surface area contributed by atoms with Crippen LogP contribution in [0.3, 0.4) is 0 Å². The van der Waals surface area contributed by atoms with Crippen molar-refractivity contribution in [2.24, 2.45) is 0 Å². The van der Waals surface area contributed by atoms with Crippen molar-refractivity contribution in [2.75, 3.05) is 7.11 Å². The summed E-state index contributed by atoms with van der Waals surface area (Å²) < 4.78 is 22.4. The topological polar surface area (TPSA) is 81.7 Å². The molecule has 1 unspecified atom stereocenters. The van der Waals surface area contributed by atoms with Crippen LogP contribution in [0.4, 0.5) is 4.79 Å². The van der Waals surface area contributed by atoms with E-state index in [0.29, 0.717) is 4.90 Å². The Bertz CT molecular complexity index is 556. The number of rotatable bonds is 2. The van der Waals surface area contributed by atoms with E-state index in [4.69, 9.17) is 9.47 Å². The van der Waals surface area contributed by atoms with E-state index < -0.39 is 27.7 Å². The molecule has 0 saturated heterocycles. The molecule has 2 bridgehead atoms. The molecular weight excluding hydrogens is 282 g/mol. The second-order valence-corrected chi connectivity index (χ2v) is 5.99. The van der Waals surface area contributed by atoms with Gasteiger partial charge in [-0.15, -0.1) is 0 Å². The van der Waals surface area contributed by atoms with E-state index in [1.165, 1.54) is 7.11 Å². The van der Waals surface area contributed by atoms with E-state index >= 15 is 0 Å². The van der Waals surface area contributed by atoms with E-state index in [1.54, 1.807) is 31.2 Å². The first-order valence-corrected chi connectivity index (χ1v) is 7.22. The summed E-state index contributed by atoms with van der Waals surface area (Å²) in [5.41, 5.74) is 0.781. The van der Waals surface area contributed by atoms with Crippen LogP contribution in [0.5, 0.6) is 0 Å². The normalized spacial score (nSPS) is 25.5. The summed E-state index contributed by atoms with van der Waals surface area (Å²) in [6, 6.07) is 6.73. The molecule has 1 aromatic carbocycles. The van der Waals surface area contributed by atoms with Gasteiger partial charge in [0.2, 0.25) is 4.87 Å². The molecule has 1 amide bonds. The predicted molar refractivity (Wildman–Crippen MR) is 71.2 cm³/mol. The highest BCUT2D eigenvalue weighted by atomic mass is 32.2. The molecule has 108 valence electrons. The van der Waals surface area contributed by atoms with E-state index in [0.717, 1.165) is 5.56 Å². The second kappa shape index (κ2) is 5.62. The van der Waals surface area contributed by atoms with E-state index in [1.807, 2.05) is 0 Å². The Morgan fingerprint density at radius 1 is 1.45 bits per heavy atom. The van der Waals surface area contributed by atoms with Crippen LogP contribution in [0.1, 0.15) is 18.9 Å². The molecule has 3 rings (SSSR count). The van der Waals surface area contributed by atoms with Gasteiger partial charge in [0.15, 0.2) is 0 Å². The minimum Gasteiger partial charge on any atom is -0.467 e. The molecular formula is C13H15NO5S. The Balaban J connectivity index is 2.56. The van der Waals surface area contributed by atoms with Crippen molar-refractivity contribution in [1.29, 1.82) is 0 Å². The van der Waals surface area contributed by atoms with Crippen molar-refractivity contribution in [3.05, 3.63) is 29.8 Å². The number of fused-ring (bicyclic) bond motifs is 7. The molecule has 6 nitrogen and oxygen atoms in total. The van der Waals surface area contributed by atoms with Crippen LogP contribution in [0.15, 0.2) is 29.2 Å². The Labute approximate surface area is 118 Å². The van der Waals surface area contributed by atoms with Gasteiger partial charge in [0, 0.05) is 4.90 Å². The lowest BCUT2D eigenvalue weighted by Gasteiger charge is -2.30. The molecule has 2 aliphatic rings. The van der Waals surface area contributed by atoms with Gasteiger partial charge in [-0.25, -0.2) is 9.59 Å². The fraction of sp³-hybridized carbons (Fsp3) is 0.385. The number of esters is 1. The Hall–Kier alpha value is -1.89. The first-order chi connectivity index (χ1) is 9.53. The molecule has 0 aliphatic carbocycles. The summed E-state index contributed by atoms with van der Waals surface area (Å²) in [5.74, 6) is -0.764. The average Bonchev–Trinajstić information content (AvgIpc) is 2.49. The zero-order valence-corrected chi connectivity index (χ0v) is 12.0. The third-order valence-electron chi connectivity index (χ3n) is 3.14. The lowest BCUT2D eigenvalue weighted by Crippen LogP contribution is -2.57. The smallest absolute Gasteiger partial charge is 0.409 e. The van der Waals surface area contributed by atoms with Crippen LogP contribution in [0.2, 0.25) is 0 Å². The van der Waals surface area contributed by atoms with Crippen molar-refractivity contribution in [3.8, 4) is 0 Å². The molecule has 2 atom stereocenters. The SMILES string of the molecule is CCC1(C(=O)OC)NC(=O)OCc2ccc(cc2)[S@]1=O. The highest BCUT2D eigenvalue weighted by Gasteiger charge is 2.47. The van der Waals surface area contributed by atoms with Crippen LogP contribution >= 0.6 is 0 Å². The number of methoxy groups -OCH3 is 1. The summed E-state index contributed by atoms with van der Waals surface area (Å²) in [4.78, 5) is 22.6. The fourth-order valence-corrected chi connectivity index (χ4v) is 3.42. The van der Waals surface area contributed by atoms with E-state index in [9.17, 15) is 13.8 Å². The lowest BCUT2D eigenvalue weighted by molar-refractivity contribution is -0.144. The van der Waals surface area contributed by atoms with Gasteiger partial charge in [-0.1, -0.05) is 19.1 Å². The number of nitrogens with one attached hydrogen (secondary N) is 1. The van der Waals surface area contributed by atoms with Gasteiger partial charge in [0.25, 0.3) is 0 Å². The molecule has 0 fully saturated rings. The van der Waals surface area contributed by atoms with E-state index in [-0.39, 0.29) is 13.0 Å². The summed E-state index contributed by atoms with van der Waals surface area (Å²) in [6.45, 7) is 1.73. The Morgan fingerprint density at radius 3 is 2.65 bits per heavy atom. The van der Waals surface area contributed by atoms with Crippen molar-refractivity contribution >= 4 is 22.9 Å². The number of hydrogen-bond acceptors (Lipinski definition) is 5. The molecule has 0 saturated carbocycles. The predicted octanol–water partition coefficient (Wildman–Crippen LogP) is 1.31. The molecule has 0 aromatic heterocycles. The number of carbonyl (C=O) groups excluding carboxylic acids is 2. The second-order valence-electron chi connectivity index (χ2n) is 4.29. The number of alkyl carbamates (subject to hydrolysis) is 1. The highest BCUT2D eigenvalue weighted by molar-refractivity contribution is 7.87. The van der Waals surface area contributed by atoms with Crippen molar-refractivity contribution in [3.63, 3.8) is 0 Å². The third-order valence-corrected chi connectivity index (χ3v) is 5.03. The van der Waals surface area contributed by atoms with Gasteiger partial charge in [-0.05, 0) is 24.1 Å². The summed E-state index contributed by atoms with van der Waals surface area (Å²) >= 11 is 0. The number of benzene rings is 1. The first-order valence-electron chi connectivity index (χ1n) is 6.07. The quantitative estimate of drug-likeness (QED) is 0.832. The number of hydrogen-bond donors (Lipinski definition) is 1. The zero-order valence-electron chi connectivity index (χ0n) is 11.2. The summed E-state index contributed by atoms with van der Waals surface area (Å²) in [6.07, 6.45) is -0.684. The van der Waals surface area contributed by atoms with Gasteiger partial charge < -0.3 is 9.47 Å². The summed E-state index contributed by atoms with van der Waals surface area (Å²) in [7, 11) is -0.605. The molecule has 7 heteroatoms. The van der Waals surface area contributed by atoms with Crippen LogP contribution in [0, 0.1) is 0 Å².